The number of fused-ring (bicyclic) bond motifs is 1. The Kier molecular flexibility index (Phi) is 10.9. The Balaban J connectivity index is 1.38. The van der Waals surface area contributed by atoms with Crippen LogP contribution < -0.4 is 15.4 Å². The normalized spacial score (nSPS) is 20.5. The van der Waals surface area contributed by atoms with E-state index >= 15 is 0 Å². The second kappa shape index (κ2) is 14.8. The van der Waals surface area contributed by atoms with Crippen molar-refractivity contribution in [3.8, 4) is 5.75 Å². The van der Waals surface area contributed by atoms with Crippen molar-refractivity contribution in [2.75, 3.05) is 60.6 Å². The Bertz CT molecular complexity index is 1430. The van der Waals surface area contributed by atoms with Crippen molar-refractivity contribution in [1.82, 2.24) is 29.9 Å². The molecule has 1 aromatic carbocycles. The van der Waals surface area contributed by atoms with Crippen LogP contribution in [0.4, 0.5) is 0 Å². The number of amides is 4. The lowest BCUT2D eigenvalue weighted by molar-refractivity contribution is -0.140. The van der Waals surface area contributed by atoms with Crippen LogP contribution in [0.1, 0.15) is 72.7 Å². The number of likely N-dealkylation sites (N-methyl/N-ethyl adjacent to an activating group) is 1. The van der Waals surface area contributed by atoms with E-state index in [9.17, 15) is 19.2 Å². The maximum absolute atomic E-state index is 14.3. The number of benzene rings is 1. The SMILES string of the molecule is CNC(C)C(=O)NC(C(=O)N1CCN(C(=O)c2c(C(=O)N3CCC[C@@H]3COC)c3ccc(OC)cc3n2C)CC1)C1CCCCC1. The van der Waals surface area contributed by atoms with Crippen molar-refractivity contribution in [2.24, 2.45) is 13.0 Å². The second-order valence-electron chi connectivity index (χ2n) is 12.9. The molecule has 0 bridgehead atoms. The van der Waals surface area contributed by atoms with Crippen molar-refractivity contribution >= 4 is 34.5 Å². The number of carbonyl (C=O) groups excluding carboxylic acids is 4. The third kappa shape index (κ3) is 6.73. The Hall–Kier alpha value is -3.64. The van der Waals surface area contributed by atoms with Crippen LogP contribution in [0.5, 0.6) is 5.75 Å². The molecule has 4 amide bonds. The summed E-state index contributed by atoms with van der Waals surface area (Å²) >= 11 is 0. The zero-order valence-electron chi connectivity index (χ0n) is 28.0. The van der Waals surface area contributed by atoms with Crippen LogP contribution in [0.3, 0.4) is 0 Å². The quantitative estimate of drug-likeness (QED) is 0.410. The Labute approximate surface area is 271 Å². The fraction of sp³-hybridized carbons (Fsp3) is 0.647. The highest BCUT2D eigenvalue weighted by Crippen LogP contribution is 2.33. The number of aromatic nitrogens is 1. The van der Waals surface area contributed by atoms with E-state index in [1.165, 1.54) is 0 Å². The first-order valence-corrected chi connectivity index (χ1v) is 16.7. The molecule has 1 aliphatic carbocycles. The molecule has 2 saturated heterocycles. The van der Waals surface area contributed by atoms with Crippen LogP contribution in [0.15, 0.2) is 18.2 Å². The molecule has 3 aliphatic rings. The number of carbonyl (C=O) groups is 4. The molecule has 12 heteroatoms. The highest BCUT2D eigenvalue weighted by Gasteiger charge is 2.39. The summed E-state index contributed by atoms with van der Waals surface area (Å²) in [4.78, 5) is 60.6. The van der Waals surface area contributed by atoms with Gasteiger partial charge < -0.3 is 39.4 Å². The van der Waals surface area contributed by atoms with Crippen molar-refractivity contribution in [2.45, 2.75) is 70.0 Å². The van der Waals surface area contributed by atoms with Gasteiger partial charge in [0.25, 0.3) is 11.8 Å². The molecule has 2 unspecified atom stereocenters. The molecule has 0 radical (unpaired) electrons. The Morgan fingerprint density at radius 3 is 2.26 bits per heavy atom. The highest BCUT2D eigenvalue weighted by atomic mass is 16.5. The fourth-order valence-electron chi connectivity index (χ4n) is 7.36. The van der Waals surface area contributed by atoms with Crippen LogP contribution in [-0.4, -0.2) is 122 Å². The van der Waals surface area contributed by atoms with Crippen molar-refractivity contribution in [3.05, 3.63) is 29.5 Å². The van der Waals surface area contributed by atoms with Crippen LogP contribution >= 0.6 is 0 Å². The maximum atomic E-state index is 14.3. The number of aryl methyl sites for hydroxylation is 1. The van der Waals surface area contributed by atoms with Gasteiger partial charge in [-0.15, -0.1) is 0 Å². The zero-order valence-corrected chi connectivity index (χ0v) is 28.0. The minimum atomic E-state index is -0.580. The number of piperazine rings is 1. The summed E-state index contributed by atoms with van der Waals surface area (Å²) in [5.41, 5.74) is 1.47. The third-order valence-corrected chi connectivity index (χ3v) is 10.2. The van der Waals surface area contributed by atoms with Gasteiger partial charge in [-0.25, -0.2) is 0 Å². The first kappa shape index (κ1) is 33.7. The molecule has 3 atom stereocenters. The minimum absolute atomic E-state index is 0.0442. The lowest BCUT2D eigenvalue weighted by atomic mass is 9.83. The predicted molar refractivity (Wildman–Crippen MR) is 175 cm³/mol. The minimum Gasteiger partial charge on any atom is -0.497 e. The van der Waals surface area contributed by atoms with Gasteiger partial charge in [-0.05, 0) is 57.7 Å². The van der Waals surface area contributed by atoms with Gasteiger partial charge in [0.15, 0.2) is 0 Å². The van der Waals surface area contributed by atoms with E-state index in [2.05, 4.69) is 10.6 Å². The van der Waals surface area contributed by atoms with Crippen LogP contribution in [0, 0.1) is 5.92 Å². The van der Waals surface area contributed by atoms with Crippen LogP contribution in [0.2, 0.25) is 0 Å². The van der Waals surface area contributed by atoms with E-state index < -0.39 is 12.1 Å². The summed E-state index contributed by atoms with van der Waals surface area (Å²) in [5.74, 6) is 0.0603. The molecule has 252 valence electrons. The van der Waals surface area contributed by atoms with Gasteiger partial charge in [0, 0.05) is 58.3 Å². The lowest BCUT2D eigenvalue weighted by Gasteiger charge is -2.39. The molecule has 3 heterocycles. The summed E-state index contributed by atoms with van der Waals surface area (Å²) in [6, 6.07) is 4.49. The summed E-state index contributed by atoms with van der Waals surface area (Å²) in [7, 11) is 6.77. The third-order valence-electron chi connectivity index (χ3n) is 10.2. The first-order chi connectivity index (χ1) is 22.2. The predicted octanol–water partition coefficient (Wildman–Crippen LogP) is 2.40. The number of hydrogen-bond acceptors (Lipinski definition) is 7. The summed E-state index contributed by atoms with van der Waals surface area (Å²) < 4.78 is 12.7. The van der Waals surface area contributed by atoms with E-state index in [4.69, 9.17) is 9.47 Å². The fourth-order valence-corrected chi connectivity index (χ4v) is 7.36. The van der Waals surface area contributed by atoms with E-state index in [0.717, 1.165) is 50.5 Å². The molecular weight excluding hydrogens is 588 g/mol. The molecular formula is C34H50N6O6. The van der Waals surface area contributed by atoms with Crippen LogP contribution in [-0.2, 0) is 21.4 Å². The van der Waals surface area contributed by atoms with Crippen LogP contribution in [0.25, 0.3) is 10.9 Å². The summed E-state index contributed by atoms with van der Waals surface area (Å²) in [6.07, 6.45) is 6.81. The number of hydrogen-bond donors (Lipinski definition) is 2. The van der Waals surface area contributed by atoms with Gasteiger partial charge in [-0.1, -0.05) is 19.3 Å². The number of likely N-dealkylation sites (tertiary alicyclic amines) is 1. The molecule has 1 saturated carbocycles. The number of methoxy groups -OCH3 is 2. The average molecular weight is 639 g/mol. The van der Waals surface area contributed by atoms with Crippen molar-refractivity contribution in [3.63, 3.8) is 0 Å². The van der Waals surface area contributed by atoms with Crippen molar-refractivity contribution < 1.29 is 28.7 Å². The monoisotopic (exact) mass is 638 g/mol. The first-order valence-electron chi connectivity index (χ1n) is 16.7. The molecule has 1 aromatic heterocycles. The van der Waals surface area contributed by atoms with E-state index in [0.29, 0.717) is 61.7 Å². The summed E-state index contributed by atoms with van der Waals surface area (Å²) in [6.45, 7) is 4.21. The number of rotatable bonds is 10. The lowest BCUT2D eigenvalue weighted by Crippen LogP contribution is -2.59. The van der Waals surface area contributed by atoms with E-state index in [-0.39, 0.29) is 35.6 Å². The Morgan fingerprint density at radius 2 is 1.61 bits per heavy atom. The largest absolute Gasteiger partial charge is 0.497 e. The number of ether oxygens (including phenoxy) is 2. The second-order valence-corrected chi connectivity index (χ2v) is 12.9. The van der Waals surface area contributed by atoms with Gasteiger partial charge in [-0.3, -0.25) is 19.2 Å². The molecule has 5 rings (SSSR count). The van der Waals surface area contributed by atoms with Crippen molar-refractivity contribution in [1.29, 1.82) is 0 Å². The standard InChI is InChI=1S/C34H50N6O6/c1-22(35-2)31(41)36-29(23-10-7-6-8-11-23)33(43)38-16-18-39(19-17-38)34(44)30-28(32(42)40-15-9-12-24(40)21-45-4)26-14-13-25(46-5)20-27(26)37(30)3/h13-14,20,22-24,29,35H,6-12,15-19,21H2,1-5H3,(H,36,41)/t22?,24-,29?/m1/s1. The maximum Gasteiger partial charge on any atom is 0.271 e. The average Bonchev–Trinajstić information content (AvgIpc) is 3.68. The topological polar surface area (TPSA) is 125 Å². The number of nitrogens with zero attached hydrogens (tertiary/aromatic N) is 4. The molecule has 2 aliphatic heterocycles. The van der Waals surface area contributed by atoms with Gasteiger partial charge in [0.1, 0.15) is 17.5 Å². The zero-order chi connectivity index (χ0) is 33.0. The molecule has 0 spiro atoms. The molecule has 46 heavy (non-hydrogen) atoms. The summed E-state index contributed by atoms with van der Waals surface area (Å²) in [5, 5.41) is 6.71. The Morgan fingerprint density at radius 1 is 0.913 bits per heavy atom. The molecule has 12 nitrogen and oxygen atoms in total. The molecule has 2 N–H and O–H groups in total. The number of nitrogens with one attached hydrogen (secondary N) is 2. The smallest absolute Gasteiger partial charge is 0.271 e. The molecule has 3 fully saturated rings. The van der Waals surface area contributed by atoms with Gasteiger partial charge >= 0.3 is 0 Å². The van der Waals surface area contributed by atoms with E-state index in [1.807, 2.05) is 30.1 Å². The highest BCUT2D eigenvalue weighted by molar-refractivity contribution is 6.16. The van der Waals surface area contributed by atoms with Gasteiger partial charge in [0.2, 0.25) is 11.8 Å². The molecule has 2 aromatic rings. The van der Waals surface area contributed by atoms with E-state index in [1.54, 1.807) is 42.6 Å². The van der Waals surface area contributed by atoms with Gasteiger partial charge in [-0.2, -0.15) is 0 Å². The van der Waals surface area contributed by atoms with Gasteiger partial charge in [0.05, 0.1) is 36.9 Å².